The maximum absolute atomic E-state index is 11.8. The van der Waals surface area contributed by atoms with Gasteiger partial charge < -0.3 is 10.6 Å². The van der Waals surface area contributed by atoms with Gasteiger partial charge in [-0.05, 0) is 19.3 Å². The molecule has 0 aromatic heterocycles. The minimum Gasteiger partial charge on any atom is -0.355 e. The van der Waals surface area contributed by atoms with Crippen LogP contribution in [0.3, 0.4) is 0 Å². The van der Waals surface area contributed by atoms with E-state index in [4.69, 9.17) is 0 Å². The molecule has 2 saturated heterocycles. The van der Waals surface area contributed by atoms with E-state index in [1.54, 1.807) is 0 Å². The second-order valence-corrected chi connectivity index (χ2v) is 7.32. The van der Waals surface area contributed by atoms with Crippen molar-refractivity contribution in [1.29, 1.82) is 0 Å². The topological polar surface area (TPSA) is 92.3 Å². The Bertz CT molecular complexity index is 436. The predicted octanol–water partition coefficient (Wildman–Crippen LogP) is -0.794. The monoisotopic (exact) mass is 274 g/mol. The van der Waals surface area contributed by atoms with Crippen LogP contribution >= 0.6 is 0 Å². The van der Waals surface area contributed by atoms with E-state index in [-0.39, 0.29) is 30.0 Å². The van der Waals surface area contributed by atoms with Gasteiger partial charge in [-0.2, -0.15) is 0 Å². The summed E-state index contributed by atoms with van der Waals surface area (Å²) >= 11 is 0. The molecule has 18 heavy (non-hydrogen) atoms. The van der Waals surface area contributed by atoms with Crippen molar-refractivity contribution < 1.29 is 18.0 Å². The Morgan fingerprint density at radius 3 is 2.72 bits per heavy atom. The van der Waals surface area contributed by atoms with Crippen LogP contribution in [0.4, 0.5) is 0 Å². The average Bonchev–Trinajstić information content (AvgIpc) is 2.66. The van der Waals surface area contributed by atoms with E-state index < -0.39 is 15.1 Å². The van der Waals surface area contributed by atoms with Crippen LogP contribution in [-0.4, -0.2) is 44.3 Å². The van der Waals surface area contributed by atoms with Gasteiger partial charge >= 0.3 is 0 Å². The van der Waals surface area contributed by atoms with E-state index in [1.807, 2.05) is 0 Å². The fourth-order valence-electron chi connectivity index (χ4n) is 2.40. The van der Waals surface area contributed by atoms with Crippen molar-refractivity contribution >= 4 is 21.7 Å². The molecule has 0 aromatic carbocycles. The van der Waals surface area contributed by atoms with Gasteiger partial charge in [0.25, 0.3) is 0 Å². The average molecular weight is 274 g/mol. The molecule has 2 aliphatic heterocycles. The molecule has 0 spiro atoms. The molecule has 2 rings (SSSR count). The van der Waals surface area contributed by atoms with Crippen LogP contribution in [-0.2, 0) is 19.4 Å². The van der Waals surface area contributed by atoms with E-state index in [9.17, 15) is 18.0 Å². The summed E-state index contributed by atoms with van der Waals surface area (Å²) in [4.78, 5) is 22.8. The molecule has 7 heteroatoms. The van der Waals surface area contributed by atoms with Crippen molar-refractivity contribution in [3.8, 4) is 0 Å². The fraction of sp³-hybridized carbons (Fsp3) is 0.818. The molecule has 0 aliphatic carbocycles. The molecular formula is C11H18N2O4S. The number of carbonyl (C=O) groups is 2. The van der Waals surface area contributed by atoms with E-state index >= 15 is 0 Å². The third-order valence-corrected chi connectivity index (χ3v) is 5.88. The number of rotatable bonds is 3. The van der Waals surface area contributed by atoms with Gasteiger partial charge in [-0.3, -0.25) is 9.59 Å². The quantitative estimate of drug-likeness (QED) is 0.705. The fourth-order valence-corrected chi connectivity index (χ4v) is 4.17. The minimum absolute atomic E-state index is 0.0302. The first-order valence-electron chi connectivity index (χ1n) is 6.25. The van der Waals surface area contributed by atoms with Crippen LogP contribution in [0.2, 0.25) is 0 Å². The molecule has 2 unspecified atom stereocenters. The lowest BCUT2D eigenvalue weighted by Crippen LogP contribution is -2.45. The highest BCUT2D eigenvalue weighted by molar-refractivity contribution is 7.92. The number of sulfone groups is 1. The number of hydrogen-bond acceptors (Lipinski definition) is 4. The Labute approximate surface area is 106 Å². The zero-order valence-electron chi connectivity index (χ0n) is 10.1. The summed E-state index contributed by atoms with van der Waals surface area (Å²) < 4.78 is 23.2. The summed E-state index contributed by atoms with van der Waals surface area (Å²) in [6.07, 6.45) is 2.21. The third kappa shape index (κ3) is 3.01. The Hall–Kier alpha value is -1.11. The van der Waals surface area contributed by atoms with Gasteiger partial charge in [0, 0.05) is 19.5 Å². The first-order chi connectivity index (χ1) is 8.49. The van der Waals surface area contributed by atoms with Crippen molar-refractivity contribution in [2.75, 3.05) is 18.8 Å². The van der Waals surface area contributed by atoms with Crippen molar-refractivity contribution in [3.05, 3.63) is 0 Å². The number of amides is 2. The van der Waals surface area contributed by atoms with E-state index in [1.165, 1.54) is 0 Å². The van der Waals surface area contributed by atoms with Crippen LogP contribution in [0.15, 0.2) is 0 Å². The molecule has 102 valence electrons. The molecule has 2 aliphatic rings. The van der Waals surface area contributed by atoms with Crippen LogP contribution in [0.25, 0.3) is 0 Å². The van der Waals surface area contributed by atoms with Crippen LogP contribution < -0.4 is 10.6 Å². The summed E-state index contributed by atoms with van der Waals surface area (Å²) in [6, 6.07) is 0. The summed E-state index contributed by atoms with van der Waals surface area (Å²) in [6.45, 7) is 0.549. The molecule has 2 atom stereocenters. The Morgan fingerprint density at radius 1 is 1.39 bits per heavy atom. The Kier molecular flexibility index (Phi) is 3.89. The lowest BCUT2D eigenvalue weighted by Gasteiger charge is -2.22. The van der Waals surface area contributed by atoms with Crippen LogP contribution in [0, 0.1) is 5.92 Å². The predicted molar refractivity (Wildman–Crippen MR) is 65.6 cm³/mol. The second kappa shape index (κ2) is 5.26. The van der Waals surface area contributed by atoms with Crippen molar-refractivity contribution in [2.45, 2.75) is 30.9 Å². The molecular weight excluding hydrogens is 256 g/mol. The number of piperidine rings is 1. The van der Waals surface area contributed by atoms with E-state index in [0.29, 0.717) is 32.2 Å². The first kappa shape index (κ1) is 13.3. The largest absolute Gasteiger partial charge is 0.355 e. The van der Waals surface area contributed by atoms with Crippen molar-refractivity contribution in [2.24, 2.45) is 5.92 Å². The summed E-state index contributed by atoms with van der Waals surface area (Å²) in [5, 5.41) is 4.90. The zero-order chi connectivity index (χ0) is 13.2. The highest BCUT2D eigenvalue weighted by Crippen LogP contribution is 2.19. The third-order valence-electron chi connectivity index (χ3n) is 3.60. The molecule has 2 amide bonds. The second-order valence-electron chi connectivity index (χ2n) is 4.92. The van der Waals surface area contributed by atoms with Gasteiger partial charge in [0.05, 0.1) is 16.9 Å². The molecule has 0 radical (unpaired) electrons. The summed E-state index contributed by atoms with van der Waals surface area (Å²) in [7, 11) is -3.01. The molecule has 2 fully saturated rings. The smallest absolute Gasteiger partial charge is 0.224 e. The van der Waals surface area contributed by atoms with Crippen molar-refractivity contribution in [3.63, 3.8) is 0 Å². The lowest BCUT2D eigenvalue weighted by atomic mass is 9.98. The van der Waals surface area contributed by atoms with Crippen LogP contribution in [0.1, 0.15) is 25.7 Å². The van der Waals surface area contributed by atoms with Crippen molar-refractivity contribution in [1.82, 2.24) is 10.6 Å². The standard InChI is InChI=1S/C11H18N2O4S/c14-10-4-3-8(6-12-10)11(15)13-7-9-2-1-5-18(9,16)17/h8-9H,1-7H2,(H,12,14)(H,13,15). The molecule has 2 N–H and O–H groups in total. The number of nitrogens with one attached hydrogen (secondary N) is 2. The van der Waals surface area contributed by atoms with Gasteiger partial charge in [-0.1, -0.05) is 0 Å². The molecule has 0 bridgehead atoms. The molecule has 2 heterocycles. The zero-order valence-corrected chi connectivity index (χ0v) is 11.0. The van der Waals surface area contributed by atoms with Gasteiger partial charge in [0.2, 0.25) is 11.8 Å². The summed E-state index contributed by atoms with van der Waals surface area (Å²) in [5.41, 5.74) is 0. The Morgan fingerprint density at radius 2 is 2.17 bits per heavy atom. The molecule has 0 aromatic rings. The lowest BCUT2D eigenvalue weighted by molar-refractivity contribution is -0.128. The van der Waals surface area contributed by atoms with Gasteiger partial charge in [-0.25, -0.2) is 8.42 Å². The maximum atomic E-state index is 11.8. The van der Waals surface area contributed by atoms with Gasteiger partial charge in [0.1, 0.15) is 0 Å². The normalized spacial score (nSPS) is 30.8. The van der Waals surface area contributed by atoms with E-state index in [0.717, 1.165) is 0 Å². The summed E-state index contributed by atoms with van der Waals surface area (Å²) in [5.74, 6) is -0.186. The highest BCUT2D eigenvalue weighted by atomic mass is 32.2. The van der Waals surface area contributed by atoms with Crippen LogP contribution in [0.5, 0.6) is 0 Å². The van der Waals surface area contributed by atoms with Gasteiger partial charge in [-0.15, -0.1) is 0 Å². The number of carbonyl (C=O) groups excluding carboxylic acids is 2. The number of hydrogen-bond donors (Lipinski definition) is 2. The highest BCUT2D eigenvalue weighted by Gasteiger charge is 2.32. The Balaban J connectivity index is 1.80. The maximum Gasteiger partial charge on any atom is 0.224 e. The SMILES string of the molecule is O=C1CCC(C(=O)NCC2CCCS2(=O)=O)CN1. The minimum atomic E-state index is -3.01. The first-order valence-corrected chi connectivity index (χ1v) is 7.96. The molecule has 0 saturated carbocycles. The molecule has 6 nitrogen and oxygen atoms in total. The van der Waals surface area contributed by atoms with E-state index in [2.05, 4.69) is 10.6 Å². The van der Waals surface area contributed by atoms with Gasteiger partial charge in [0.15, 0.2) is 9.84 Å².